The van der Waals surface area contributed by atoms with Crippen LogP contribution < -0.4 is 5.32 Å². The number of thiophene rings is 1. The van der Waals surface area contributed by atoms with Crippen LogP contribution in [0.25, 0.3) is 0 Å². The molecule has 1 aromatic heterocycles. The lowest BCUT2D eigenvalue weighted by molar-refractivity contribution is -0.118. The Bertz CT molecular complexity index is 855. The summed E-state index contributed by atoms with van der Waals surface area (Å²) in [6.45, 7) is 11.2. The molecule has 1 aromatic carbocycles. The molecule has 3 rings (SSSR count). The summed E-state index contributed by atoms with van der Waals surface area (Å²) in [5.41, 5.74) is 1.91. The topological polar surface area (TPSA) is 58.6 Å². The highest BCUT2D eigenvalue weighted by atomic mass is 32.1. The zero-order chi connectivity index (χ0) is 20.5. The molecule has 1 saturated heterocycles. The van der Waals surface area contributed by atoms with Gasteiger partial charge in [0.15, 0.2) is 0 Å². The summed E-state index contributed by atoms with van der Waals surface area (Å²) in [4.78, 5) is 27.5. The van der Waals surface area contributed by atoms with Crippen molar-refractivity contribution >= 4 is 28.2 Å². The van der Waals surface area contributed by atoms with E-state index < -0.39 is 0 Å². The SMILES string of the molecule is CC(C)c1ccc(C(=O)Nc2sccc2C(=O)N2C[C@H](C)OC(C)(C)C2)cc1. The van der Waals surface area contributed by atoms with E-state index >= 15 is 0 Å². The van der Waals surface area contributed by atoms with Crippen LogP contribution in [0.3, 0.4) is 0 Å². The summed E-state index contributed by atoms with van der Waals surface area (Å²) in [7, 11) is 0. The summed E-state index contributed by atoms with van der Waals surface area (Å²) >= 11 is 1.36. The second-order valence-corrected chi connectivity index (χ2v) is 9.18. The van der Waals surface area contributed by atoms with Gasteiger partial charge < -0.3 is 15.0 Å². The second-order valence-electron chi connectivity index (χ2n) is 8.27. The minimum Gasteiger partial charge on any atom is -0.369 e. The number of rotatable bonds is 4. The van der Waals surface area contributed by atoms with Crippen LogP contribution >= 0.6 is 11.3 Å². The molecule has 0 radical (unpaired) electrons. The molecule has 2 amide bonds. The summed E-state index contributed by atoms with van der Waals surface area (Å²) in [6.07, 6.45) is -0.0242. The Morgan fingerprint density at radius 1 is 1.21 bits per heavy atom. The number of hydrogen-bond donors (Lipinski definition) is 1. The highest BCUT2D eigenvalue weighted by molar-refractivity contribution is 7.14. The van der Waals surface area contributed by atoms with Crippen molar-refractivity contribution in [2.75, 3.05) is 18.4 Å². The van der Waals surface area contributed by atoms with Gasteiger partial charge in [0.2, 0.25) is 0 Å². The number of carbonyl (C=O) groups excluding carboxylic acids is 2. The van der Waals surface area contributed by atoms with Gasteiger partial charge in [-0.05, 0) is 55.8 Å². The maximum atomic E-state index is 13.1. The lowest BCUT2D eigenvalue weighted by atomic mass is 10.0. The highest BCUT2D eigenvalue weighted by Gasteiger charge is 2.35. The quantitative estimate of drug-likeness (QED) is 0.805. The molecule has 0 spiro atoms. The summed E-state index contributed by atoms with van der Waals surface area (Å²) in [6, 6.07) is 9.37. The van der Waals surface area contributed by atoms with Crippen molar-refractivity contribution in [2.24, 2.45) is 0 Å². The van der Waals surface area contributed by atoms with Crippen molar-refractivity contribution in [3.63, 3.8) is 0 Å². The number of ether oxygens (including phenoxy) is 1. The van der Waals surface area contributed by atoms with Crippen LogP contribution in [0.1, 0.15) is 66.8 Å². The maximum absolute atomic E-state index is 13.1. The number of anilines is 1. The average molecular weight is 401 g/mol. The number of hydrogen-bond acceptors (Lipinski definition) is 4. The van der Waals surface area contributed by atoms with Gasteiger partial charge in [0.25, 0.3) is 11.8 Å². The van der Waals surface area contributed by atoms with E-state index in [-0.39, 0.29) is 23.5 Å². The van der Waals surface area contributed by atoms with Gasteiger partial charge in [-0.3, -0.25) is 9.59 Å². The first-order chi connectivity index (χ1) is 13.2. The Morgan fingerprint density at radius 3 is 2.50 bits per heavy atom. The van der Waals surface area contributed by atoms with Crippen LogP contribution in [0.4, 0.5) is 5.00 Å². The van der Waals surface area contributed by atoms with Crippen molar-refractivity contribution < 1.29 is 14.3 Å². The molecule has 0 unspecified atom stereocenters. The van der Waals surface area contributed by atoms with Gasteiger partial charge in [0.1, 0.15) is 5.00 Å². The molecule has 2 heterocycles. The van der Waals surface area contributed by atoms with E-state index in [2.05, 4.69) is 19.2 Å². The third kappa shape index (κ3) is 4.62. The van der Waals surface area contributed by atoms with E-state index in [9.17, 15) is 9.59 Å². The van der Waals surface area contributed by atoms with Gasteiger partial charge in [-0.2, -0.15) is 0 Å². The van der Waals surface area contributed by atoms with Gasteiger partial charge in [0, 0.05) is 18.7 Å². The molecule has 6 heteroatoms. The molecule has 2 aromatic rings. The third-order valence-corrected chi connectivity index (χ3v) is 5.65. The maximum Gasteiger partial charge on any atom is 0.257 e. The van der Waals surface area contributed by atoms with Gasteiger partial charge >= 0.3 is 0 Å². The number of nitrogens with one attached hydrogen (secondary N) is 1. The Kier molecular flexibility index (Phi) is 5.91. The Labute approximate surface area is 170 Å². The molecule has 1 N–H and O–H groups in total. The minimum atomic E-state index is -0.384. The number of benzene rings is 1. The van der Waals surface area contributed by atoms with Crippen molar-refractivity contribution in [1.29, 1.82) is 0 Å². The first-order valence-electron chi connectivity index (χ1n) is 9.62. The molecule has 0 bridgehead atoms. The Balaban J connectivity index is 1.74. The van der Waals surface area contributed by atoms with E-state index in [0.29, 0.717) is 35.1 Å². The number of amides is 2. The van der Waals surface area contributed by atoms with Gasteiger partial charge in [-0.15, -0.1) is 11.3 Å². The summed E-state index contributed by atoms with van der Waals surface area (Å²) in [5.74, 6) is 0.135. The smallest absolute Gasteiger partial charge is 0.257 e. The summed E-state index contributed by atoms with van der Waals surface area (Å²) in [5, 5.41) is 5.32. The fourth-order valence-corrected chi connectivity index (χ4v) is 4.32. The largest absolute Gasteiger partial charge is 0.369 e. The van der Waals surface area contributed by atoms with Gasteiger partial charge in [-0.1, -0.05) is 26.0 Å². The Morgan fingerprint density at radius 2 is 1.89 bits per heavy atom. The molecule has 5 nitrogen and oxygen atoms in total. The lowest BCUT2D eigenvalue weighted by Crippen LogP contribution is -2.53. The van der Waals surface area contributed by atoms with Crippen molar-refractivity contribution in [1.82, 2.24) is 4.90 Å². The highest BCUT2D eigenvalue weighted by Crippen LogP contribution is 2.28. The molecular weight excluding hydrogens is 372 g/mol. The first-order valence-corrected chi connectivity index (χ1v) is 10.5. The predicted molar refractivity (Wildman–Crippen MR) is 113 cm³/mol. The van der Waals surface area contributed by atoms with Crippen LogP contribution in [0.2, 0.25) is 0 Å². The number of carbonyl (C=O) groups is 2. The average Bonchev–Trinajstić information content (AvgIpc) is 3.07. The summed E-state index contributed by atoms with van der Waals surface area (Å²) < 4.78 is 5.89. The van der Waals surface area contributed by atoms with E-state index in [1.165, 1.54) is 16.9 Å². The minimum absolute atomic E-state index is 0.0242. The van der Waals surface area contributed by atoms with Crippen LogP contribution in [0, 0.1) is 0 Å². The van der Waals surface area contributed by atoms with Gasteiger partial charge in [0.05, 0.1) is 17.3 Å². The fraction of sp³-hybridized carbons (Fsp3) is 0.455. The van der Waals surface area contributed by atoms with E-state index in [0.717, 1.165) is 0 Å². The first kappa shape index (κ1) is 20.6. The zero-order valence-electron chi connectivity index (χ0n) is 17.1. The van der Waals surface area contributed by atoms with Crippen LogP contribution in [0.15, 0.2) is 35.7 Å². The normalized spacial score (nSPS) is 18.9. The van der Waals surface area contributed by atoms with E-state index in [1.807, 2.05) is 55.3 Å². The zero-order valence-corrected chi connectivity index (χ0v) is 17.9. The van der Waals surface area contributed by atoms with Gasteiger partial charge in [-0.25, -0.2) is 0 Å². The molecule has 0 saturated carbocycles. The standard InChI is InChI=1S/C22H28N2O3S/c1-14(2)16-6-8-17(9-7-16)19(25)23-20-18(10-11-28-20)21(26)24-12-15(3)27-22(4,5)13-24/h6-11,14-15H,12-13H2,1-5H3,(H,23,25)/t15-/m0/s1. The molecule has 28 heavy (non-hydrogen) atoms. The second kappa shape index (κ2) is 8.05. The molecule has 1 atom stereocenters. The van der Waals surface area contributed by atoms with Crippen LogP contribution in [0.5, 0.6) is 0 Å². The van der Waals surface area contributed by atoms with Crippen LogP contribution in [-0.2, 0) is 4.74 Å². The molecule has 150 valence electrons. The molecule has 0 aliphatic carbocycles. The van der Waals surface area contributed by atoms with Crippen molar-refractivity contribution in [3.05, 3.63) is 52.4 Å². The molecule has 1 fully saturated rings. The third-order valence-electron chi connectivity index (χ3n) is 4.82. The predicted octanol–water partition coefficient (Wildman–Crippen LogP) is 4.76. The number of morpholine rings is 1. The molecule has 1 aliphatic heterocycles. The monoisotopic (exact) mass is 400 g/mol. The van der Waals surface area contributed by atoms with Crippen LogP contribution in [-0.4, -0.2) is 41.5 Å². The fourth-order valence-electron chi connectivity index (χ4n) is 3.55. The molecular formula is C22H28N2O3S. The molecule has 1 aliphatic rings. The van der Waals surface area contributed by atoms with E-state index in [4.69, 9.17) is 4.74 Å². The Hall–Kier alpha value is -2.18. The van der Waals surface area contributed by atoms with Crippen molar-refractivity contribution in [3.8, 4) is 0 Å². The van der Waals surface area contributed by atoms with E-state index in [1.54, 1.807) is 6.07 Å². The van der Waals surface area contributed by atoms with Crippen molar-refractivity contribution in [2.45, 2.75) is 52.2 Å². The number of nitrogens with zero attached hydrogens (tertiary/aromatic N) is 1. The lowest BCUT2D eigenvalue weighted by Gasteiger charge is -2.41.